The molecular formula is C21H23ClN4OS. The average Bonchev–Trinajstić information content (AvgIpc) is 3.24. The molecule has 4 rings (SSSR count). The Balaban J connectivity index is 1.44. The summed E-state index contributed by atoms with van der Waals surface area (Å²) < 4.78 is 2.87. The number of amides is 1. The lowest BCUT2D eigenvalue weighted by atomic mass is 10.2. The minimum atomic E-state index is 0.106. The van der Waals surface area contributed by atoms with Crippen LogP contribution in [0.1, 0.15) is 26.6 Å². The Hall–Kier alpha value is -2.15. The lowest BCUT2D eigenvalue weighted by molar-refractivity contribution is 0.0629. The summed E-state index contributed by atoms with van der Waals surface area (Å²) in [5.41, 5.74) is 2.73. The summed E-state index contributed by atoms with van der Waals surface area (Å²) >= 11 is 7.65. The Morgan fingerprint density at radius 1 is 1.14 bits per heavy atom. The Labute approximate surface area is 174 Å². The standard InChI is InChI=1S/C21H23ClN4OS/c1-15-13-18(16(2)26(15)20-5-3-4-8-23-20)21(27)25-11-9-24(10-12-25)14-17-6-7-19(22)28-17/h3-8,13H,9-12,14H2,1-2H3. The van der Waals surface area contributed by atoms with Gasteiger partial charge in [-0.2, -0.15) is 0 Å². The molecule has 7 heteroatoms. The third kappa shape index (κ3) is 3.85. The van der Waals surface area contributed by atoms with E-state index >= 15 is 0 Å². The Morgan fingerprint density at radius 3 is 2.57 bits per heavy atom. The predicted octanol–water partition coefficient (Wildman–Crippen LogP) is 4.16. The number of thiophene rings is 1. The van der Waals surface area contributed by atoms with Gasteiger partial charge in [-0.25, -0.2) is 4.98 Å². The van der Waals surface area contributed by atoms with Gasteiger partial charge in [0, 0.05) is 55.2 Å². The number of piperazine rings is 1. The zero-order valence-electron chi connectivity index (χ0n) is 16.1. The zero-order valence-corrected chi connectivity index (χ0v) is 17.6. The third-order valence-electron chi connectivity index (χ3n) is 5.21. The first-order valence-electron chi connectivity index (χ1n) is 9.39. The Bertz CT molecular complexity index is 974. The number of carbonyl (C=O) groups is 1. The predicted molar refractivity (Wildman–Crippen MR) is 114 cm³/mol. The van der Waals surface area contributed by atoms with Crippen molar-refractivity contribution >= 4 is 28.8 Å². The number of hydrogen-bond donors (Lipinski definition) is 0. The third-order valence-corrected chi connectivity index (χ3v) is 6.42. The zero-order chi connectivity index (χ0) is 19.7. The molecule has 1 amide bonds. The average molecular weight is 415 g/mol. The number of carbonyl (C=O) groups excluding carboxylic acids is 1. The molecule has 28 heavy (non-hydrogen) atoms. The minimum absolute atomic E-state index is 0.106. The lowest BCUT2D eigenvalue weighted by Gasteiger charge is -2.34. The molecule has 3 aromatic heterocycles. The molecule has 4 heterocycles. The fourth-order valence-electron chi connectivity index (χ4n) is 3.75. The van der Waals surface area contributed by atoms with Gasteiger partial charge < -0.3 is 9.47 Å². The molecule has 0 unspecified atom stereocenters. The lowest BCUT2D eigenvalue weighted by Crippen LogP contribution is -2.48. The fraction of sp³-hybridized carbons (Fsp3) is 0.333. The van der Waals surface area contributed by atoms with Gasteiger partial charge in [0.2, 0.25) is 0 Å². The van der Waals surface area contributed by atoms with Crippen molar-refractivity contribution in [1.29, 1.82) is 0 Å². The normalized spacial score (nSPS) is 15.2. The first-order valence-corrected chi connectivity index (χ1v) is 10.6. The van der Waals surface area contributed by atoms with Gasteiger partial charge in [0.05, 0.1) is 9.90 Å². The number of nitrogens with zero attached hydrogens (tertiary/aromatic N) is 4. The molecule has 0 spiro atoms. The van der Waals surface area contributed by atoms with Crippen molar-refractivity contribution in [1.82, 2.24) is 19.4 Å². The fourth-order valence-corrected chi connectivity index (χ4v) is 4.88. The molecule has 0 N–H and O–H groups in total. The van der Waals surface area contributed by atoms with Crippen LogP contribution in [0.4, 0.5) is 0 Å². The minimum Gasteiger partial charge on any atom is -0.336 e. The molecule has 1 aliphatic heterocycles. The summed E-state index contributed by atoms with van der Waals surface area (Å²) in [6, 6.07) is 11.8. The first kappa shape index (κ1) is 19.2. The molecule has 146 valence electrons. The van der Waals surface area contributed by atoms with E-state index in [0.717, 1.165) is 59.8 Å². The number of pyridine rings is 1. The van der Waals surface area contributed by atoms with Crippen LogP contribution in [0.2, 0.25) is 4.34 Å². The summed E-state index contributed by atoms with van der Waals surface area (Å²) in [6.07, 6.45) is 1.77. The molecular weight excluding hydrogens is 392 g/mol. The molecule has 0 atom stereocenters. The molecule has 0 saturated carbocycles. The largest absolute Gasteiger partial charge is 0.336 e. The summed E-state index contributed by atoms with van der Waals surface area (Å²) in [4.78, 5) is 23.2. The van der Waals surface area contributed by atoms with E-state index in [2.05, 4.69) is 16.0 Å². The molecule has 0 radical (unpaired) electrons. The summed E-state index contributed by atoms with van der Waals surface area (Å²) in [6.45, 7) is 8.14. The van der Waals surface area contributed by atoms with Gasteiger partial charge in [-0.05, 0) is 44.2 Å². The van der Waals surface area contributed by atoms with Crippen LogP contribution in [-0.4, -0.2) is 51.4 Å². The van der Waals surface area contributed by atoms with Crippen molar-refractivity contribution in [3.05, 3.63) is 68.8 Å². The van der Waals surface area contributed by atoms with Crippen molar-refractivity contribution in [2.24, 2.45) is 0 Å². The van der Waals surface area contributed by atoms with Crippen LogP contribution < -0.4 is 0 Å². The number of hydrogen-bond acceptors (Lipinski definition) is 4. The van der Waals surface area contributed by atoms with Crippen LogP contribution in [0, 0.1) is 13.8 Å². The number of aryl methyl sites for hydroxylation is 1. The molecule has 0 bridgehead atoms. The van der Waals surface area contributed by atoms with E-state index < -0.39 is 0 Å². The molecule has 0 aliphatic carbocycles. The molecule has 0 aromatic carbocycles. The second-order valence-electron chi connectivity index (χ2n) is 7.08. The molecule has 5 nitrogen and oxygen atoms in total. The molecule has 1 aliphatic rings. The van der Waals surface area contributed by atoms with Gasteiger partial charge in [-0.3, -0.25) is 9.69 Å². The van der Waals surface area contributed by atoms with Gasteiger partial charge >= 0.3 is 0 Å². The highest BCUT2D eigenvalue weighted by molar-refractivity contribution is 7.16. The smallest absolute Gasteiger partial charge is 0.255 e. The topological polar surface area (TPSA) is 41.4 Å². The van der Waals surface area contributed by atoms with E-state index in [-0.39, 0.29) is 5.91 Å². The van der Waals surface area contributed by atoms with Gasteiger partial charge in [-0.15, -0.1) is 11.3 Å². The maximum absolute atomic E-state index is 13.1. The highest BCUT2D eigenvalue weighted by Gasteiger charge is 2.25. The van der Waals surface area contributed by atoms with Crippen molar-refractivity contribution in [3.63, 3.8) is 0 Å². The van der Waals surface area contributed by atoms with E-state index in [4.69, 9.17) is 11.6 Å². The van der Waals surface area contributed by atoms with Crippen LogP contribution in [0.25, 0.3) is 5.82 Å². The number of aromatic nitrogens is 2. The highest BCUT2D eigenvalue weighted by Crippen LogP contribution is 2.24. The van der Waals surface area contributed by atoms with Crippen molar-refractivity contribution in [3.8, 4) is 5.82 Å². The van der Waals surface area contributed by atoms with Crippen molar-refractivity contribution in [2.45, 2.75) is 20.4 Å². The summed E-state index contributed by atoms with van der Waals surface area (Å²) in [5.74, 6) is 0.949. The quantitative estimate of drug-likeness (QED) is 0.643. The molecule has 1 fully saturated rings. The van der Waals surface area contributed by atoms with Crippen LogP contribution >= 0.6 is 22.9 Å². The second-order valence-corrected chi connectivity index (χ2v) is 8.88. The van der Waals surface area contributed by atoms with Crippen molar-refractivity contribution in [2.75, 3.05) is 26.2 Å². The van der Waals surface area contributed by atoms with E-state index in [1.54, 1.807) is 17.5 Å². The van der Waals surface area contributed by atoms with Crippen LogP contribution in [0.5, 0.6) is 0 Å². The number of rotatable bonds is 4. The summed E-state index contributed by atoms with van der Waals surface area (Å²) in [5, 5.41) is 0. The SMILES string of the molecule is Cc1cc(C(=O)N2CCN(Cc3ccc(Cl)s3)CC2)c(C)n1-c1ccccn1. The summed E-state index contributed by atoms with van der Waals surface area (Å²) in [7, 11) is 0. The molecule has 3 aromatic rings. The van der Waals surface area contributed by atoms with E-state index in [0.29, 0.717) is 0 Å². The van der Waals surface area contributed by atoms with Crippen LogP contribution in [-0.2, 0) is 6.54 Å². The van der Waals surface area contributed by atoms with Crippen molar-refractivity contribution < 1.29 is 4.79 Å². The highest BCUT2D eigenvalue weighted by atomic mass is 35.5. The monoisotopic (exact) mass is 414 g/mol. The Kier molecular flexibility index (Phi) is 5.53. The van der Waals surface area contributed by atoms with Crippen LogP contribution in [0.3, 0.4) is 0 Å². The van der Waals surface area contributed by atoms with Gasteiger partial charge in [0.15, 0.2) is 0 Å². The number of halogens is 1. The van der Waals surface area contributed by atoms with Gasteiger partial charge in [0.1, 0.15) is 5.82 Å². The maximum atomic E-state index is 13.1. The first-order chi connectivity index (χ1) is 13.5. The van der Waals surface area contributed by atoms with Crippen LogP contribution in [0.15, 0.2) is 42.6 Å². The Morgan fingerprint density at radius 2 is 1.93 bits per heavy atom. The second kappa shape index (κ2) is 8.07. The van der Waals surface area contributed by atoms with E-state index in [1.807, 2.05) is 53.6 Å². The van der Waals surface area contributed by atoms with Gasteiger partial charge in [0.25, 0.3) is 5.91 Å². The van der Waals surface area contributed by atoms with Gasteiger partial charge in [-0.1, -0.05) is 17.7 Å². The van der Waals surface area contributed by atoms with E-state index in [1.165, 1.54) is 4.88 Å². The molecule has 1 saturated heterocycles. The maximum Gasteiger partial charge on any atom is 0.255 e. The van der Waals surface area contributed by atoms with E-state index in [9.17, 15) is 4.79 Å².